The summed E-state index contributed by atoms with van der Waals surface area (Å²) in [5, 5.41) is 4.42. The molecule has 3 rings (SSSR count). The molecule has 0 aliphatic carbocycles. The first kappa shape index (κ1) is 20.8. The van der Waals surface area contributed by atoms with Gasteiger partial charge < -0.3 is 18.9 Å². The Labute approximate surface area is 170 Å². The molecule has 2 aromatic rings. The van der Waals surface area contributed by atoms with Crippen molar-refractivity contribution in [3.05, 3.63) is 47.5 Å². The molecule has 0 radical (unpaired) electrons. The third-order valence-electron chi connectivity index (χ3n) is 4.72. The Morgan fingerprint density at radius 2 is 1.62 bits per heavy atom. The largest absolute Gasteiger partial charge is 0.493 e. The van der Waals surface area contributed by atoms with Crippen LogP contribution in [0.3, 0.4) is 0 Å². The van der Waals surface area contributed by atoms with Crippen LogP contribution in [0.4, 0.5) is 0 Å². The van der Waals surface area contributed by atoms with Crippen LogP contribution < -0.4 is 18.9 Å². The number of sulfonamides is 1. The number of ether oxygens (including phenoxy) is 4. The van der Waals surface area contributed by atoms with E-state index in [1.54, 1.807) is 38.5 Å². The van der Waals surface area contributed by atoms with E-state index < -0.39 is 16.1 Å². The summed E-state index contributed by atoms with van der Waals surface area (Å²) in [5.41, 5.74) is 2.04. The van der Waals surface area contributed by atoms with Crippen LogP contribution in [0.1, 0.15) is 23.6 Å². The van der Waals surface area contributed by atoms with Crippen LogP contribution in [-0.4, -0.2) is 53.2 Å². The minimum atomic E-state index is -3.62. The molecule has 0 saturated carbocycles. The lowest BCUT2D eigenvalue weighted by molar-refractivity contribution is 0.329. The minimum Gasteiger partial charge on any atom is -0.493 e. The third-order valence-corrected chi connectivity index (χ3v) is 5.74. The summed E-state index contributed by atoms with van der Waals surface area (Å²) >= 11 is 0. The van der Waals surface area contributed by atoms with Gasteiger partial charge in [0.1, 0.15) is 0 Å². The number of hydrogen-bond acceptors (Lipinski definition) is 7. The van der Waals surface area contributed by atoms with Crippen molar-refractivity contribution in [1.29, 1.82) is 0 Å². The normalized spacial score (nSPS) is 16.4. The van der Waals surface area contributed by atoms with Gasteiger partial charge in [-0.25, -0.2) is 8.42 Å². The van der Waals surface area contributed by atoms with Gasteiger partial charge in [-0.2, -0.15) is 9.52 Å². The van der Waals surface area contributed by atoms with Crippen molar-refractivity contribution in [2.24, 2.45) is 5.10 Å². The predicted octanol–water partition coefficient (Wildman–Crippen LogP) is 2.83. The second-order valence-electron chi connectivity index (χ2n) is 6.45. The lowest BCUT2D eigenvalue weighted by atomic mass is 9.98. The SMILES string of the molecule is COc1ccc(C2=NN(S(C)(=O)=O)[C@@H](c3cccc(OC)c3OC)C2)cc1OC. The molecule has 0 fully saturated rings. The molecule has 2 aromatic carbocycles. The Morgan fingerprint density at radius 3 is 2.21 bits per heavy atom. The summed E-state index contributed by atoms with van der Waals surface area (Å²) in [6.07, 6.45) is 1.50. The average Bonchev–Trinajstić information content (AvgIpc) is 3.18. The number of rotatable bonds is 7. The van der Waals surface area contributed by atoms with Crippen molar-refractivity contribution in [2.75, 3.05) is 34.7 Å². The molecular weight excluding hydrogens is 396 g/mol. The van der Waals surface area contributed by atoms with Gasteiger partial charge in [0.2, 0.25) is 10.0 Å². The first-order valence-corrected chi connectivity index (χ1v) is 10.7. The van der Waals surface area contributed by atoms with Crippen molar-refractivity contribution in [3.63, 3.8) is 0 Å². The predicted molar refractivity (Wildman–Crippen MR) is 110 cm³/mol. The number of hydrazone groups is 1. The summed E-state index contributed by atoms with van der Waals surface area (Å²) < 4.78 is 47.6. The van der Waals surface area contributed by atoms with E-state index in [1.807, 2.05) is 12.1 Å². The highest BCUT2D eigenvalue weighted by Crippen LogP contribution is 2.43. The van der Waals surface area contributed by atoms with E-state index in [9.17, 15) is 8.42 Å². The molecule has 156 valence electrons. The van der Waals surface area contributed by atoms with Crippen molar-refractivity contribution >= 4 is 15.7 Å². The smallest absolute Gasteiger partial charge is 0.247 e. The Morgan fingerprint density at radius 1 is 0.931 bits per heavy atom. The van der Waals surface area contributed by atoms with Gasteiger partial charge in [0.05, 0.1) is 46.4 Å². The monoisotopic (exact) mass is 420 g/mol. The van der Waals surface area contributed by atoms with E-state index in [1.165, 1.54) is 14.2 Å². The van der Waals surface area contributed by atoms with Crippen LogP contribution >= 0.6 is 0 Å². The second kappa shape index (κ2) is 8.20. The molecule has 0 saturated heterocycles. The molecule has 0 aromatic heterocycles. The summed E-state index contributed by atoms with van der Waals surface area (Å²) in [6, 6.07) is 10.2. The summed E-state index contributed by atoms with van der Waals surface area (Å²) in [5.74, 6) is 2.14. The lowest BCUT2D eigenvalue weighted by Crippen LogP contribution is -2.26. The Balaban J connectivity index is 2.07. The first-order chi connectivity index (χ1) is 13.8. The standard InChI is InChI=1S/C20H24N2O6S/c1-25-17-10-9-13(11-19(17)27-3)15-12-16(22(21-15)29(5,23)24)14-7-6-8-18(26-2)20(14)28-4/h6-11,16H,12H2,1-5H3/t16-/m1/s1. The topological polar surface area (TPSA) is 86.7 Å². The molecule has 0 spiro atoms. The fraction of sp³-hybridized carbons (Fsp3) is 0.350. The fourth-order valence-electron chi connectivity index (χ4n) is 3.39. The zero-order valence-corrected chi connectivity index (χ0v) is 17.8. The maximum atomic E-state index is 12.5. The van der Waals surface area contributed by atoms with Crippen molar-refractivity contribution in [1.82, 2.24) is 4.41 Å². The van der Waals surface area contributed by atoms with Crippen LogP contribution in [0.25, 0.3) is 0 Å². The molecule has 8 nitrogen and oxygen atoms in total. The summed E-state index contributed by atoms with van der Waals surface area (Å²) in [7, 11) is 2.55. The highest BCUT2D eigenvalue weighted by atomic mass is 32.2. The number of methoxy groups -OCH3 is 4. The highest BCUT2D eigenvalue weighted by Gasteiger charge is 2.37. The molecule has 1 aliphatic heterocycles. The van der Waals surface area contributed by atoms with E-state index in [0.29, 0.717) is 40.7 Å². The molecule has 0 unspecified atom stereocenters. The minimum absolute atomic E-state index is 0.367. The Hall–Kier alpha value is -2.94. The zero-order chi connectivity index (χ0) is 21.2. The zero-order valence-electron chi connectivity index (χ0n) is 17.0. The van der Waals surface area contributed by atoms with E-state index in [2.05, 4.69) is 5.10 Å². The quantitative estimate of drug-likeness (QED) is 0.685. The van der Waals surface area contributed by atoms with E-state index in [-0.39, 0.29) is 0 Å². The summed E-state index contributed by atoms with van der Waals surface area (Å²) in [4.78, 5) is 0. The van der Waals surface area contributed by atoms with Gasteiger partial charge in [-0.3, -0.25) is 0 Å². The van der Waals surface area contributed by atoms with Gasteiger partial charge >= 0.3 is 0 Å². The molecule has 1 atom stereocenters. The van der Waals surface area contributed by atoms with Crippen LogP contribution in [0.2, 0.25) is 0 Å². The third kappa shape index (κ3) is 3.95. The number of nitrogens with zero attached hydrogens (tertiary/aromatic N) is 2. The molecule has 0 bridgehead atoms. The van der Waals surface area contributed by atoms with Crippen molar-refractivity contribution in [2.45, 2.75) is 12.5 Å². The molecule has 0 N–H and O–H groups in total. The lowest BCUT2D eigenvalue weighted by Gasteiger charge is -2.23. The van der Waals surface area contributed by atoms with Gasteiger partial charge in [0.15, 0.2) is 23.0 Å². The van der Waals surface area contributed by atoms with Crippen LogP contribution in [0.15, 0.2) is 41.5 Å². The molecule has 1 aliphatic rings. The first-order valence-electron chi connectivity index (χ1n) is 8.84. The molecule has 0 amide bonds. The molecule has 1 heterocycles. The Kier molecular flexibility index (Phi) is 5.88. The van der Waals surface area contributed by atoms with Crippen molar-refractivity contribution in [3.8, 4) is 23.0 Å². The van der Waals surface area contributed by atoms with Gasteiger partial charge in [-0.1, -0.05) is 12.1 Å². The van der Waals surface area contributed by atoms with Gasteiger partial charge in [-0.15, -0.1) is 0 Å². The van der Waals surface area contributed by atoms with Gasteiger partial charge in [0, 0.05) is 17.5 Å². The van der Waals surface area contributed by atoms with E-state index in [0.717, 1.165) is 16.2 Å². The van der Waals surface area contributed by atoms with Crippen LogP contribution in [0.5, 0.6) is 23.0 Å². The second-order valence-corrected chi connectivity index (χ2v) is 8.29. The number of hydrogen-bond donors (Lipinski definition) is 0. The molecule has 9 heteroatoms. The maximum Gasteiger partial charge on any atom is 0.247 e. The highest BCUT2D eigenvalue weighted by molar-refractivity contribution is 7.88. The molecule has 29 heavy (non-hydrogen) atoms. The maximum absolute atomic E-state index is 12.5. The Bertz CT molecular complexity index is 1040. The summed E-state index contributed by atoms with van der Waals surface area (Å²) in [6.45, 7) is 0. The van der Waals surface area contributed by atoms with Crippen LogP contribution in [0, 0.1) is 0 Å². The van der Waals surface area contributed by atoms with E-state index >= 15 is 0 Å². The van der Waals surface area contributed by atoms with Gasteiger partial charge in [-0.05, 0) is 24.3 Å². The van der Waals surface area contributed by atoms with Crippen molar-refractivity contribution < 1.29 is 27.4 Å². The fourth-order valence-corrected chi connectivity index (χ4v) is 4.29. The number of para-hydroxylation sites is 1. The molecular formula is C20H24N2O6S. The van der Waals surface area contributed by atoms with Gasteiger partial charge in [0.25, 0.3) is 0 Å². The average molecular weight is 420 g/mol. The van der Waals surface area contributed by atoms with Crippen LogP contribution in [-0.2, 0) is 10.0 Å². The van der Waals surface area contributed by atoms with E-state index in [4.69, 9.17) is 18.9 Å². The number of benzene rings is 2.